The Morgan fingerprint density at radius 3 is 2.44 bits per heavy atom. The number of rotatable bonds is 1. The Hall–Kier alpha value is -0.770. The first-order valence-electron chi connectivity index (χ1n) is 5.97. The van der Waals surface area contributed by atoms with Gasteiger partial charge in [-0.2, -0.15) is 0 Å². The van der Waals surface area contributed by atoms with Crippen molar-refractivity contribution in [2.45, 2.75) is 0 Å². The largest absolute Gasteiger partial charge is 0.381 e. The molecule has 2 heterocycles. The summed E-state index contributed by atoms with van der Waals surface area (Å²) >= 11 is 11.8. The molecule has 18 heavy (non-hydrogen) atoms. The van der Waals surface area contributed by atoms with Crippen LogP contribution in [0.3, 0.4) is 0 Å². The van der Waals surface area contributed by atoms with Crippen LogP contribution >= 0.6 is 23.2 Å². The van der Waals surface area contributed by atoms with Crippen molar-refractivity contribution in [3.63, 3.8) is 0 Å². The molecule has 96 valence electrons. The van der Waals surface area contributed by atoms with Gasteiger partial charge in [0.05, 0.1) is 23.3 Å². The SMILES string of the molecule is O=C(c1ccc(Cl)c(Cl)c1)N1C[C@H]2COC[C@H]2C1. The van der Waals surface area contributed by atoms with Gasteiger partial charge in [0.1, 0.15) is 0 Å². The lowest BCUT2D eigenvalue weighted by molar-refractivity contribution is 0.0751. The Morgan fingerprint density at radius 1 is 1.17 bits per heavy atom. The van der Waals surface area contributed by atoms with Crippen molar-refractivity contribution in [3.8, 4) is 0 Å². The summed E-state index contributed by atoms with van der Waals surface area (Å²) in [5.74, 6) is 1.02. The predicted molar refractivity (Wildman–Crippen MR) is 70.2 cm³/mol. The summed E-state index contributed by atoms with van der Waals surface area (Å²) in [7, 11) is 0. The normalized spacial score (nSPS) is 26.4. The average molecular weight is 286 g/mol. The van der Waals surface area contributed by atoms with Crippen molar-refractivity contribution in [1.29, 1.82) is 0 Å². The third-order valence-corrected chi connectivity index (χ3v) is 4.43. The Morgan fingerprint density at radius 2 is 1.83 bits per heavy atom. The highest BCUT2D eigenvalue weighted by Gasteiger charge is 2.39. The molecule has 3 nitrogen and oxygen atoms in total. The van der Waals surface area contributed by atoms with E-state index in [0.717, 1.165) is 26.3 Å². The third kappa shape index (κ3) is 2.11. The van der Waals surface area contributed by atoms with Gasteiger partial charge < -0.3 is 9.64 Å². The number of fused-ring (bicyclic) bond motifs is 1. The van der Waals surface area contributed by atoms with Crippen molar-refractivity contribution < 1.29 is 9.53 Å². The zero-order valence-corrected chi connectivity index (χ0v) is 11.2. The molecule has 2 atom stereocenters. The van der Waals surface area contributed by atoms with Gasteiger partial charge in [-0.3, -0.25) is 4.79 Å². The summed E-state index contributed by atoms with van der Waals surface area (Å²) in [6, 6.07) is 5.02. The second-order valence-electron chi connectivity index (χ2n) is 4.90. The first-order valence-corrected chi connectivity index (χ1v) is 6.73. The monoisotopic (exact) mass is 285 g/mol. The summed E-state index contributed by atoms with van der Waals surface area (Å²) in [5, 5.41) is 0.894. The van der Waals surface area contributed by atoms with E-state index in [4.69, 9.17) is 27.9 Å². The van der Waals surface area contributed by atoms with Gasteiger partial charge in [-0.05, 0) is 18.2 Å². The number of carbonyl (C=O) groups is 1. The van der Waals surface area contributed by atoms with Crippen molar-refractivity contribution in [2.75, 3.05) is 26.3 Å². The lowest BCUT2D eigenvalue weighted by Crippen LogP contribution is -2.30. The lowest BCUT2D eigenvalue weighted by atomic mass is 10.0. The number of ether oxygens (including phenoxy) is 1. The molecular formula is C13H13Cl2NO2. The highest BCUT2D eigenvalue weighted by Crippen LogP contribution is 2.31. The highest BCUT2D eigenvalue weighted by atomic mass is 35.5. The molecule has 0 spiro atoms. The number of amides is 1. The van der Waals surface area contributed by atoms with Gasteiger partial charge >= 0.3 is 0 Å². The van der Waals surface area contributed by atoms with Crippen molar-refractivity contribution in [1.82, 2.24) is 4.90 Å². The van der Waals surface area contributed by atoms with Crippen LogP contribution in [0.2, 0.25) is 10.0 Å². The summed E-state index contributed by atoms with van der Waals surface area (Å²) in [6.07, 6.45) is 0. The molecule has 0 unspecified atom stereocenters. The molecule has 0 aliphatic carbocycles. The fraction of sp³-hybridized carbons (Fsp3) is 0.462. The van der Waals surface area contributed by atoms with Crippen LogP contribution in [-0.2, 0) is 4.74 Å². The minimum Gasteiger partial charge on any atom is -0.381 e. The number of hydrogen-bond acceptors (Lipinski definition) is 2. The first-order chi connectivity index (χ1) is 8.65. The average Bonchev–Trinajstić information content (AvgIpc) is 2.92. The molecule has 1 aromatic rings. The van der Waals surface area contributed by atoms with Crippen LogP contribution in [0.15, 0.2) is 18.2 Å². The Kier molecular flexibility index (Phi) is 3.22. The van der Waals surface area contributed by atoms with Crippen molar-refractivity contribution in [2.24, 2.45) is 11.8 Å². The second-order valence-corrected chi connectivity index (χ2v) is 5.71. The van der Waals surface area contributed by atoms with Crippen LogP contribution in [-0.4, -0.2) is 37.1 Å². The van der Waals surface area contributed by atoms with E-state index < -0.39 is 0 Å². The molecular weight excluding hydrogens is 273 g/mol. The van der Waals surface area contributed by atoms with E-state index in [1.807, 2.05) is 4.90 Å². The molecule has 0 radical (unpaired) electrons. The smallest absolute Gasteiger partial charge is 0.253 e. The minimum atomic E-state index is 0.0305. The van der Waals surface area contributed by atoms with E-state index in [0.29, 0.717) is 27.4 Å². The number of nitrogens with zero attached hydrogens (tertiary/aromatic N) is 1. The van der Waals surface area contributed by atoms with E-state index in [2.05, 4.69) is 0 Å². The van der Waals surface area contributed by atoms with Crippen LogP contribution < -0.4 is 0 Å². The van der Waals surface area contributed by atoms with E-state index in [-0.39, 0.29) is 5.91 Å². The van der Waals surface area contributed by atoms with Gasteiger partial charge in [0.25, 0.3) is 5.91 Å². The van der Waals surface area contributed by atoms with E-state index in [9.17, 15) is 4.79 Å². The van der Waals surface area contributed by atoms with E-state index in [1.54, 1.807) is 18.2 Å². The zero-order chi connectivity index (χ0) is 12.7. The van der Waals surface area contributed by atoms with Crippen molar-refractivity contribution >= 4 is 29.1 Å². The highest BCUT2D eigenvalue weighted by molar-refractivity contribution is 6.42. The summed E-state index contributed by atoms with van der Waals surface area (Å²) < 4.78 is 5.40. The molecule has 2 aliphatic rings. The first kappa shape index (κ1) is 12.3. The molecule has 0 N–H and O–H groups in total. The Labute approximate surface area is 116 Å². The van der Waals surface area contributed by atoms with E-state index in [1.165, 1.54) is 0 Å². The molecule has 5 heteroatoms. The maximum Gasteiger partial charge on any atom is 0.253 e. The summed E-state index contributed by atoms with van der Waals surface area (Å²) in [5.41, 5.74) is 0.602. The predicted octanol–water partition coefficient (Wildman–Crippen LogP) is 2.71. The molecule has 0 saturated carbocycles. The molecule has 1 aromatic carbocycles. The molecule has 2 saturated heterocycles. The maximum atomic E-state index is 12.3. The molecule has 3 rings (SSSR count). The summed E-state index contributed by atoms with van der Waals surface area (Å²) in [4.78, 5) is 14.2. The van der Waals surface area contributed by atoms with Gasteiger partial charge in [0.2, 0.25) is 0 Å². The molecule has 2 fully saturated rings. The van der Waals surface area contributed by atoms with Crippen LogP contribution in [0.25, 0.3) is 0 Å². The van der Waals surface area contributed by atoms with Crippen LogP contribution in [0.1, 0.15) is 10.4 Å². The molecule has 1 amide bonds. The van der Waals surface area contributed by atoms with Crippen LogP contribution in [0.4, 0.5) is 0 Å². The number of hydrogen-bond donors (Lipinski definition) is 0. The van der Waals surface area contributed by atoms with Gasteiger partial charge in [0, 0.05) is 30.5 Å². The Bertz CT molecular complexity index is 480. The minimum absolute atomic E-state index is 0.0305. The number of halogens is 2. The maximum absolute atomic E-state index is 12.3. The Balaban J connectivity index is 1.77. The summed E-state index contributed by atoms with van der Waals surface area (Å²) in [6.45, 7) is 3.11. The molecule has 0 bridgehead atoms. The fourth-order valence-corrected chi connectivity index (χ4v) is 2.96. The van der Waals surface area contributed by atoms with Gasteiger partial charge in [0.15, 0.2) is 0 Å². The fourth-order valence-electron chi connectivity index (χ4n) is 2.66. The van der Waals surface area contributed by atoms with Gasteiger partial charge in [-0.15, -0.1) is 0 Å². The van der Waals surface area contributed by atoms with Crippen LogP contribution in [0.5, 0.6) is 0 Å². The van der Waals surface area contributed by atoms with Gasteiger partial charge in [-0.1, -0.05) is 23.2 Å². The third-order valence-electron chi connectivity index (χ3n) is 3.69. The zero-order valence-electron chi connectivity index (χ0n) is 9.73. The van der Waals surface area contributed by atoms with Crippen molar-refractivity contribution in [3.05, 3.63) is 33.8 Å². The van der Waals surface area contributed by atoms with Gasteiger partial charge in [-0.25, -0.2) is 0 Å². The number of benzene rings is 1. The van der Waals surface area contributed by atoms with Crippen LogP contribution in [0, 0.1) is 11.8 Å². The molecule has 2 aliphatic heterocycles. The second kappa shape index (κ2) is 4.72. The quantitative estimate of drug-likeness (QED) is 0.794. The molecule has 0 aromatic heterocycles. The lowest BCUT2D eigenvalue weighted by Gasteiger charge is -2.17. The number of likely N-dealkylation sites (tertiary alicyclic amines) is 1. The van der Waals surface area contributed by atoms with E-state index >= 15 is 0 Å². The standard InChI is InChI=1S/C13H13Cl2NO2/c14-11-2-1-8(3-12(11)15)13(17)16-4-9-6-18-7-10(9)5-16/h1-3,9-10H,4-7H2/t9-,10+. The number of carbonyl (C=O) groups excluding carboxylic acids is 1. The topological polar surface area (TPSA) is 29.5 Å².